The second-order valence-electron chi connectivity index (χ2n) is 6.76. The molecule has 0 aromatic carbocycles. The van der Waals surface area contributed by atoms with Gasteiger partial charge in [0.05, 0.1) is 5.92 Å². The normalized spacial score (nSPS) is 36.5. The van der Waals surface area contributed by atoms with Gasteiger partial charge in [-0.05, 0) is 44.4 Å². The third-order valence-corrected chi connectivity index (χ3v) is 5.55. The van der Waals surface area contributed by atoms with Crippen LogP contribution >= 0.6 is 0 Å². The molecule has 2 amide bonds. The van der Waals surface area contributed by atoms with E-state index in [1.54, 1.807) is 0 Å². The van der Waals surface area contributed by atoms with Gasteiger partial charge in [-0.3, -0.25) is 4.79 Å². The van der Waals surface area contributed by atoms with Crippen molar-refractivity contribution in [1.29, 1.82) is 0 Å². The summed E-state index contributed by atoms with van der Waals surface area (Å²) in [6.45, 7) is 6.93. The summed E-state index contributed by atoms with van der Waals surface area (Å²) in [5.74, 6) is 0.201. The van der Waals surface area contributed by atoms with E-state index in [0.717, 1.165) is 6.42 Å². The Labute approximate surface area is 127 Å². The molecule has 5 unspecified atom stereocenters. The number of carboxylic acids is 1. The molecule has 1 aliphatic heterocycles. The van der Waals surface area contributed by atoms with Crippen LogP contribution in [0.1, 0.15) is 52.9 Å². The van der Waals surface area contributed by atoms with Crippen molar-refractivity contribution >= 4 is 12.0 Å². The van der Waals surface area contributed by atoms with Gasteiger partial charge < -0.3 is 15.3 Å². The van der Waals surface area contributed by atoms with Crippen LogP contribution in [0.3, 0.4) is 0 Å². The van der Waals surface area contributed by atoms with Crippen LogP contribution in [0.25, 0.3) is 0 Å². The van der Waals surface area contributed by atoms with Crippen LogP contribution in [0.4, 0.5) is 4.79 Å². The zero-order chi connectivity index (χ0) is 15.6. The maximum absolute atomic E-state index is 12.4. The highest BCUT2D eigenvalue weighted by Gasteiger charge is 2.36. The van der Waals surface area contributed by atoms with Gasteiger partial charge in [0.25, 0.3) is 0 Å². The average molecular weight is 296 g/mol. The molecule has 1 saturated carbocycles. The highest BCUT2D eigenvalue weighted by molar-refractivity contribution is 5.76. The van der Waals surface area contributed by atoms with Gasteiger partial charge in [-0.25, -0.2) is 4.79 Å². The number of carbonyl (C=O) groups is 2. The monoisotopic (exact) mass is 296 g/mol. The molecular formula is C16H28N2O3. The molecule has 5 nitrogen and oxygen atoms in total. The van der Waals surface area contributed by atoms with E-state index in [-0.39, 0.29) is 24.0 Å². The Bertz CT molecular complexity index is 399. The maximum Gasteiger partial charge on any atom is 0.317 e. The Morgan fingerprint density at radius 1 is 1.24 bits per heavy atom. The summed E-state index contributed by atoms with van der Waals surface area (Å²) in [6, 6.07) is 0.255. The summed E-state index contributed by atoms with van der Waals surface area (Å²) >= 11 is 0. The SMILES string of the molecule is CCC1CCC(NC(=O)N2CCC(C(=O)O)CC2C)C1C. The minimum Gasteiger partial charge on any atom is -0.481 e. The minimum atomic E-state index is -0.739. The summed E-state index contributed by atoms with van der Waals surface area (Å²) < 4.78 is 0. The van der Waals surface area contributed by atoms with Gasteiger partial charge in [0, 0.05) is 18.6 Å². The van der Waals surface area contributed by atoms with E-state index in [1.807, 2.05) is 11.8 Å². The number of carboxylic acid groups (broad SMARTS) is 1. The van der Waals surface area contributed by atoms with Crippen molar-refractivity contribution in [3.63, 3.8) is 0 Å². The number of carbonyl (C=O) groups excluding carboxylic acids is 1. The molecule has 0 aromatic heterocycles. The van der Waals surface area contributed by atoms with Gasteiger partial charge in [0.2, 0.25) is 0 Å². The quantitative estimate of drug-likeness (QED) is 0.841. The number of likely N-dealkylation sites (tertiary alicyclic amines) is 1. The molecule has 2 fully saturated rings. The number of hydrogen-bond donors (Lipinski definition) is 2. The molecule has 0 spiro atoms. The Morgan fingerprint density at radius 3 is 2.48 bits per heavy atom. The lowest BCUT2D eigenvalue weighted by molar-refractivity contribution is -0.143. The number of nitrogens with zero attached hydrogens (tertiary/aromatic N) is 1. The van der Waals surface area contributed by atoms with Gasteiger partial charge in [-0.1, -0.05) is 20.3 Å². The zero-order valence-electron chi connectivity index (χ0n) is 13.3. The fourth-order valence-corrected chi connectivity index (χ4v) is 3.97. The predicted molar refractivity (Wildman–Crippen MR) is 81.0 cm³/mol. The summed E-state index contributed by atoms with van der Waals surface area (Å²) in [4.78, 5) is 25.3. The van der Waals surface area contributed by atoms with Gasteiger partial charge >= 0.3 is 12.0 Å². The Balaban J connectivity index is 1.88. The number of urea groups is 1. The number of piperidine rings is 1. The maximum atomic E-state index is 12.4. The smallest absolute Gasteiger partial charge is 0.317 e. The Kier molecular flexibility index (Phi) is 5.12. The van der Waals surface area contributed by atoms with Crippen LogP contribution in [0.5, 0.6) is 0 Å². The summed E-state index contributed by atoms with van der Waals surface area (Å²) in [5, 5.41) is 12.3. The first-order valence-electron chi connectivity index (χ1n) is 8.24. The van der Waals surface area contributed by atoms with Crippen LogP contribution in [-0.4, -0.2) is 40.6 Å². The van der Waals surface area contributed by atoms with Crippen molar-refractivity contribution in [2.75, 3.05) is 6.54 Å². The van der Waals surface area contributed by atoms with E-state index in [2.05, 4.69) is 19.2 Å². The first kappa shape index (κ1) is 16.1. The first-order chi connectivity index (χ1) is 9.93. The van der Waals surface area contributed by atoms with E-state index in [0.29, 0.717) is 31.2 Å². The molecule has 21 heavy (non-hydrogen) atoms. The number of amides is 2. The second kappa shape index (κ2) is 6.67. The van der Waals surface area contributed by atoms with Crippen LogP contribution in [0, 0.1) is 17.8 Å². The molecule has 0 bridgehead atoms. The third-order valence-electron chi connectivity index (χ3n) is 5.55. The Morgan fingerprint density at radius 2 is 1.95 bits per heavy atom. The highest BCUT2D eigenvalue weighted by Crippen LogP contribution is 2.34. The largest absolute Gasteiger partial charge is 0.481 e. The summed E-state index contributed by atoms with van der Waals surface area (Å²) in [7, 11) is 0. The second-order valence-corrected chi connectivity index (χ2v) is 6.76. The van der Waals surface area contributed by atoms with Crippen LogP contribution in [0.15, 0.2) is 0 Å². The van der Waals surface area contributed by atoms with Crippen LogP contribution < -0.4 is 5.32 Å². The molecule has 120 valence electrons. The van der Waals surface area contributed by atoms with Crippen molar-refractivity contribution in [2.24, 2.45) is 17.8 Å². The highest BCUT2D eigenvalue weighted by atomic mass is 16.4. The number of nitrogens with one attached hydrogen (secondary N) is 1. The third kappa shape index (κ3) is 3.50. The number of rotatable bonds is 3. The molecular weight excluding hydrogens is 268 g/mol. The van der Waals surface area contributed by atoms with Crippen molar-refractivity contribution < 1.29 is 14.7 Å². The molecule has 5 heteroatoms. The van der Waals surface area contributed by atoms with E-state index in [1.165, 1.54) is 12.8 Å². The molecule has 5 atom stereocenters. The minimum absolute atomic E-state index is 0.00136. The standard InChI is InChI=1S/C16H28N2O3/c1-4-12-5-6-14(11(12)3)17-16(21)18-8-7-13(15(19)20)9-10(18)2/h10-14H,4-9H2,1-3H3,(H,17,21)(H,19,20). The molecule has 2 N–H and O–H groups in total. The fraction of sp³-hybridized carbons (Fsp3) is 0.875. The van der Waals surface area contributed by atoms with E-state index >= 15 is 0 Å². The van der Waals surface area contributed by atoms with Gasteiger partial charge in [0.1, 0.15) is 0 Å². The topological polar surface area (TPSA) is 69.6 Å². The fourth-order valence-electron chi connectivity index (χ4n) is 3.97. The van der Waals surface area contributed by atoms with Crippen LogP contribution in [0.2, 0.25) is 0 Å². The van der Waals surface area contributed by atoms with Gasteiger partial charge in [-0.2, -0.15) is 0 Å². The van der Waals surface area contributed by atoms with Crippen molar-refractivity contribution in [1.82, 2.24) is 10.2 Å². The molecule has 1 heterocycles. The predicted octanol–water partition coefficient (Wildman–Crippen LogP) is 2.71. The molecule has 0 radical (unpaired) electrons. The summed E-state index contributed by atoms with van der Waals surface area (Å²) in [6.07, 6.45) is 4.55. The lowest BCUT2D eigenvalue weighted by Gasteiger charge is -2.37. The molecule has 2 rings (SSSR count). The van der Waals surface area contributed by atoms with E-state index < -0.39 is 5.97 Å². The molecule has 2 aliphatic rings. The molecule has 1 aliphatic carbocycles. The van der Waals surface area contributed by atoms with Gasteiger partial charge in [0.15, 0.2) is 0 Å². The Hall–Kier alpha value is -1.26. The molecule has 1 saturated heterocycles. The van der Waals surface area contributed by atoms with Crippen LogP contribution in [-0.2, 0) is 4.79 Å². The summed E-state index contributed by atoms with van der Waals surface area (Å²) in [5.41, 5.74) is 0. The van der Waals surface area contributed by atoms with Crippen molar-refractivity contribution in [3.8, 4) is 0 Å². The van der Waals surface area contributed by atoms with E-state index in [9.17, 15) is 9.59 Å². The number of aliphatic carboxylic acids is 1. The van der Waals surface area contributed by atoms with Crippen molar-refractivity contribution in [2.45, 2.75) is 65.0 Å². The first-order valence-corrected chi connectivity index (χ1v) is 8.24. The van der Waals surface area contributed by atoms with E-state index in [4.69, 9.17) is 5.11 Å². The zero-order valence-corrected chi connectivity index (χ0v) is 13.3. The van der Waals surface area contributed by atoms with Crippen molar-refractivity contribution in [3.05, 3.63) is 0 Å². The lowest BCUT2D eigenvalue weighted by Crippen LogP contribution is -2.52. The van der Waals surface area contributed by atoms with Gasteiger partial charge in [-0.15, -0.1) is 0 Å². The molecule has 0 aromatic rings. The average Bonchev–Trinajstić information content (AvgIpc) is 2.79. The lowest BCUT2D eigenvalue weighted by atomic mass is 9.92. The number of hydrogen-bond acceptors (Lipinski definition) is 2.